The maximum atomic E-state index is 11.2. The SMILES string of the molecule is COc1cc(-c2ccccc2)c(Cl)c(Cl)c1C(=O)O. The summed E-state index contributed by atoms with van der Waals surface area (Å²) in [5, 5.41) is 9.32. The monoisotopic (exact) mass is 296 g/mol. The maximum Gasteiger partial charge on any atom is 0.341 e. The molecule has 0 spiro atoms. The summed E-state index contributed by atoms with van der Waals surface area (Å²) in [6, 6.07) is 10.9. The average molecular weight is 297 g/mol. The zero-order chi connectivity index (χ0) is 14.0. The molecule has 0 heterocycles. The van der Waals surface area contributed by atoms with Crippen molar-refractivity contribution in [1.82, 2.24) is 0 Å². The van der Waals surface area contributed by atoms with E-state index in [9.17, 15) is 4.79 Å². The van der Waals surface area contributed by atoms with Gasteiger partial charge in [0.1, 0.15) is 11.3 Å². The topological polar surface area (TPSA) is 46.5 Å². The van der Waals surface area contributed by atoms with Gasteiger partial charge in [-0.1, -0.05) is 53.5 Å². The molecule has 0 radical (unpaired) electrons. The first kappa shape index (κ1) is 13.7. The quantitative estimate of drug-likeness (QED) is 0.915. The second kappa shape index (κ2) is 5.51. The van der Waals surface area contributed by atoms with Gasteiger partial charge in [0.25, 0.3) is 0 Å². The van der Waals surface area contributed by atoms with Gasteiger partial charge in [-0.2, -0.15) is 0 Å². The molecule has 0 aliphatic heterocycles. The molecule has 2 aromatic rings. The predicted molar refractivity (Wildman–Crippen MR) is 75.4 cm³/mol. The van der Waals surface area contributed by atoms with Crippen molar-refractivity contribution in [3.8, 4) is 16.9 Å². The van der Waals surface area contributed by atoms with Crippen LogP contribution in [0, 0.1) is 0 Å². The van der Waals surface area contributed by atoms with E-state index < -0.39 is 5.97 Å². The van der Waals surface area contributed by atoms with Crippen molar-refractivity contribution < 1.29 is 14.6 Å². The number of methoxy groups -OCH3 is 1. The van der Waals surface area contributed by atoms with E-state index in [0.29, 0.717) is 5.56 Å². The van der Waals surface area contributed by atoms with E-state index in [2.05, 4.69) is 0 Å². The number of rotatable bonds is 3. The highest BCUT2D eigenvalue weighted by molar-refractivity contribution is 6.45. The van der Waals surface area contributed by atoms with Crippen LogP contribution < -0.4 is 4.74 Å². The van der Waals surface area contributed by atoms with Crippen LogP contribution in [-0.4, -0.2) is 18.2 Å². The van der Waals surface area contributed by atoms with Crippen molar-refractivity contribution in [2.45, 2.75) is 0 Å². The fourth-order valence-electron chi connectivity index (χ4n) is 1.79. The molecule has 5 heteroatoms. The summed E-state index contributed by atoms with van der Waals surface area (Å²) in [5.74, 6) is -0.996. The Morgan fingerprint density at radius 2 is 1.79 bits per heavy atom. The molecule has 3 nitrogen and oxygen atoms in total. The number of carboxylic acids is 1. The van der Waals surface area contributed by atoms with Crippen LogP contribution in [0.4, 0.5) is 0 Å². The fourth-order valence-corrected chi connectivity index (χ4v) is 2.32. The van der Waals surface area contributed by atoms with E-state index in [4.69, 9.17) is 33.0 Å². The minimum Gasteiger partial charge on any atom is -0.496 e. The zero-order valence-corrected chi connectivity index (χ0v) is 11.5. The van der Waals surface area contributed by atoms with E-state index in [-0.39, 0.29) is 21.4 Å². The first-order chi connectivity index (χ1) is 9.06. The Morgan fingerprint density at radius 3 is 2.32 bits per heavy atom. The standard InChI is InChI=1S/C14H10Cl2O3/c1-19-10-7-9(8-5-3-2-4-6-8)12(15)13(16)11(10)14(17)18/h2-7H,1H3,(H,17,18). The van der Waals surface area contributed by atoms with Crippen LogP contribution in [0.3, 0.4) is 0 Å². The smallest absolute Gasteiger partial charge is 0.341 e. The second-order valence-corrected chi connectivity index (χ2v) is 4.56. The Bertz CT molecular complexity index is 624. The first-order valence-electron chi connectivity index (χ1n) is 5.41. The van der Waals surface area contributed by atoms with Gasteiger partial charge >= 0.3 is 5.97 Å². The van der Waals surface area contributed by atoms with E-state index >= 15 is 0 Å². The Balaban J connectivity index is 2.72. The van der Waals surface area contributed by atoms with Crippen molar-refractivity contribution in [2.24, 2.45) is 0 Å². The number of aromatic carboxylic acids is 1. The van der Waals surface area contributed by atoms with Crippen LogP contribution >= 0.6 is 23.2 Å². The van der Waals surface area contributed by atoms with Gasteiger partial charge in [-0.05, 0) is 11.6 Å². The van der Waals surface area contributed by atoms with Gasteiger partial charge in [0.05, 0.1) is 17.2 Å². The third kappa shape index (κ3) is 2.53. The van der Waals surface area contributed by atoms with Crippen molar-refractivity contribution in [2.75, 3.05) is 7.11 Å². The summed E-state index contributed by atoms with van der Waals surface area (Å²) in [6.07, 6.45) is 0. The second-order valence-electron chi connectivity index (χ2n) is 3.80. The maximum absolute atomic E-state index is 11.2. The molecule has 19 heavy (non-hydrogen) atoms. The predicted octanol–water partition coefficient (Wildman–Crippen LogP) is 4.37. The third-order valence-electron chi connectivity index (χ3n) is 2.69. The van der Waals surface area contributed by atoms with Crippen molar-refractivity contribution in [1.29, 1.82) is 0 Å². The Kier molecular flexibility index (Phi) is 3.98. The first-order valence-corrected chi connectivity index (χ1v) is 6.16. The molecule has 98 valence electrons. The Morgan fingerprint density at radius 1 is 1.16 bits per heavy atom. The highest BCUT2D eigenvalue weighted by Crippen LogP contribution is 2.40. The molecule has 0 bridgehead atoms. The molecule has 0 saturated heterocycles. The molecule has 0 aliphatic rings. The zero-order valence-electron chi connectivity index (χ0n) is 9.98. The van der Waals surface area contributed by atoms with Crippen LogP contribution in [0.15, 0.2) is 36.4 Å². The fraction of sp³-hybridized carbons (Fsp3) is 0.0714. The highest BCUT2D eigenvalue weighted by Gasteiger charge is 2.21. The normalized spacial score (nSPS) is 10.3. The molecule has 0 fully saturated rings. The van der Waals surface area contributed by atoms with Crippen molar-refractivity contribution in [3.63, 3.8) is 0 Å². The molecular weight excluding hydrogens is 287 g/mol. The average Bonchev–Trinajstić information content (AvgIpc) is 2.42. The molecule has 0 aromatic heterocycles. The van der Waals surface area contributed by atoms with Crippen LogP contribution in [-0.2, 0) is 0 Å². The molecule has 2 aromatic carbocycles. The Hall–Kier alpha value is -1.71. The van der Waals surface area contributed by atoms with Gasteiger partial charge in [-0.25, -0.2) is 4.79 Å². The van der Waals surface area contributed by atoms with E-state index in [1.54, 1.807) is 6.07 Å². The van der Waals surface area contributed by atoms with Gasteiger partial charge in [-0.3, -0.25) is 0 Å². The summed E-state index contributed by atoms with van der Waals surface area (Å²) >= 11 is 12.2. The number of hydrogen-bond acceptors (Lipinski definition) is 2. The molecule has 0 unspecified atom stereocenters. The summed E-state index contributed by atoms with van der Waals surface area (Å²) < 4.78 is 5.08. The lowest BCUT2D eigenvalue weighted by atomic mass is 10.0. The van der Waals surface area contributed by atoms with Gasteiger partial charge < -0.3 is 9.84 Å². The van der Waals surface area contributed by atoms with Crippen LogP contribution in [0.25, 0.3) is 11.1 Å². The van der Waals surface area contributed by atoms with E-state index in [1.165, 1.54) is 7.11 Å². The summed E-state index contributed by atoms with van der Waals surface area (Å²) in [4.78, 5) is 11.2. The van der Waals surface area contributed by atoms with Crippen LogP contribution in [0.1, 0.15) is 10.4 Å². The van der Waals surface area contributed by atoms with Gasteiger partial charge in [0, 0.05) is 5.56 Å². The van der Waals surface area contributed by atoms with Crippen molar-refractivity contribution in [3.05, 3.63) is 52.0 Å². The summed E-state index contributed by atoms with van der Waals surface area (Å²) in [7, 11) is 1.39. The number of hydrogen-bond donors (Lipinski definition) is 1. The molecular formula is C14H10Cl2O3. The molecule has 0 atom stereocenters. The lowest BCUT2D eigenvalue weighted by Crippen LogP contribution is -2.03. The summed E-state index contributed by atoms with van der Waals surface area (Å²) in [5.41, 5.74) is 1.34. The van der Waals surface area contributed by atoms with Gasteiger partial charge in [0.15, 0.2) is 0 Å². The largest absolute Gasteiger partial charge is 0.496 e. The number of carbonyl (C=O) groups is 1. The third-order valence-corrected chi connectivity index (χ3v) is 3.56. The number of carboxylic acid groups (broad SMARTS) is 1. The molecule has 0 aliphatic carbocycles. The summed E-state index contributed by atoms with van der Waals surface area (Å²) in [6.45, 7) is 0. The van der Waals surface area contributed by atoms with Crippen LogP contribution in [0.2, 0.25) is 10.0 Å². The Labute approximate surface area is 120 Å². The van der Waals surface area contributed by atoms with Gasteiger partial charge in [0.2, 0.25) is 0 Å². The lowest BCUT2D eigenvalue weighted by Gasteiger charge is -2.13. The minimum atomic E-state index is -1.18. The van der Waals surface area contributed by atoms with Crippen LogP contribution in [0.5, 0.6) is 5.75 Å². The van der Waals surface area contributed by atoms with E-state index in [0.717, 1.165) is 5.56 Å². The van der Waals surface area contributed by atoms with Gasteiger partial charge in [-0.15, -0.1) is 0 Å². The lowest BCUT2D eigenvalue weighted by molar-refractivity contribution is 0.0693. The number of ether oxygens (including phenoxy) is 1. The minimum absolute atomic E-state index is 0.0210. The molecule has 0 saturated carbocycles. The molecule has 2 rings (SSSR count). The number of halogens is 2. The highest BCUT2D eigenvalue weighted by atomic mass is 35.5. The number of benzene rings is 2. The molecule has 0 amide bonds. The van der Waals surface area contributed by atoms with E-state index in [1.807, 2.05) is 30.3 Å². The molecule has 1 N–H and O–H groups in total. The van der Waals surface area contributed by atoms with Crippen molar-refractivity contribution >= 4 is 29.2 Å².